The van der Waals surface area contributed by atoms with Gasteiger partial charge in [0.1, 0.15) is 5.02 Å². The van der Waals surface area contributed by atoms with Crippen molar-refractivity contribution in [3.8, 4) is 0 Å². The summed E-state index contributed by atoms with van der Waals surface area (Å²) in [5.41, 5.74) is 0.358. The van der Waals surface area contributed by atoms with E-state index in [1.807, 2.05) is 11.8 Å². The van der Waals surface area contributed by atoms with Crippen molar-refractivity contribution in [1.29, 1.82) is 0 Å². The predicted molar refractivity (Wildman–Crippen MR) is 83.9 cm³/mol. The van der Waals surface area contributed by atoms with Crippen LogP contribution in [0.25, 0.3) is 0 Å². The van der Waals surface area contributed by atoms with Crippen LogP contribution in [0.2, 0.25) is 5.02 Å². The van der Waals surface area contributed by atoms with E-state index < -0.39 is 0 Å². The molecule has 2 rings (SSSR count). The topological polar surface area (TPSA) is 56.1 Å². The van der Waals surface area contributed by atoms with Crippen LogP contribution in [0.4, 0.5) is 5.69 Å². The van der Waals surface area contributed by atoms with Gasteiger partial charge in [0.05, 0.1) is 25.0 Å². The van der Waals surface area contributed by atoms with Gasteiger partial charge in [0.25, 0.3) is 5.56 Å². The Morgan fingerprint density at radius 3 is 3.00 bits per heavy atom. The van der Waals surface area contributed by atoms with E-state index in [1.165, 1.54) is 29.0 Å². The average Bonchev–Trinajstić information content (AvgIpc) is 2.49. The highest BCUT2D eigenvalue weighted by atomic mass is 35.5. The number of nitrogens with zero attached hydrogens (tertiary/aromatic N) is 2. The zero-order valence-corrected chi connectivity index (χ0v) is 13.2. The van der Waals surface area contributed by atoms with Crippen molar-refractivity contribution in [3.63, 3.8) is 0 Å². The normalized spacial score (nSPS) is 16.3. The lowest BCUT2D eigenvalue weighted by molar-refractivity contribution is 0.182. The van der Waals surface area contributed by atoms with Crippen molar-refractivity contribution in [2.75, 3.05) is 37.1 Å². The summed E-state index contributed by atoms with van der Waals surface area (Å²) in [4.78, 5) is 12.0. The molecular formula is C13H20ClN3O2S. The molecule has 1 aromatic rings. The fourth-order valence-electron chi connectivity index (χ4n) is 2.13. The summed E-state index contributed by atoms with van der Waals surface area (Å²) in [6, 6.07) is 0. The van der Waals surface area contributed by atoms with Gasteiger partial charge in [-0.05, 0) is 30.3 Å². The molecule has 0 saturated carbocycles. The number of hydrogen-bond acceptors (Lipinski definition) is 5. The van der Waals surface area contributed by atoms with Crippen LogP contribution in [0, 0.1) is 5.92 Å². The van der Waals surface area contributed by atoms with E-state index in [0.29, 0.717) is 24.8 Å². The summed E-state index contributed by atoms with van der Waals surface area (Å²) in [7, 11) is 1.59. The van der Waals surface area contributed by atoms with Crippen LogP contribution in [0.15, 0.2) is 11.0 Å². The van der Waals surface area contributed by atoms with Crippen LogP contribution < -0.4 is 10.9 Å². The fraction of sp³-hybridized carbons (Fsp3) is 0.692. The van der Waals surface area contributed by atoms with Gasteiger partial charge in [0.15, 0.2) is 0 Å². The maximum atomic E-state index is 12.0. The molecule has 0 unspecified atom stereocenters. The number of anilines is 1. The van der Waals surface area contributed by atoms with Crippen molar-refractivity contribution in [2.45, 2.75) is 19.4 Å². The highest BCUT2D eigenvalue weighted by molar-refractivity contribution is 7.99. The van der Waals surface area contributed by atoms with Crippen LogP contribution in [0.5, 0.6) is 0 Å². The maximum Gasteiger partial charge on any atom is 0.287 e. The first kappa shape index (κ1) is 15.7. The average molecular weight is 318 g/mol. The Bertz CT molecular complexity index is 489. The molecule has 0 aliphatic carbocycles. The minimum Gasteiger partial charge on any atom is -0.383 e. The van der Waals surface area contributed by atoms with Crippen LogP contribution in [-0.2, 0) is 11.3 Å². The Labute approximate surface area is 128 Å². The van der Waals surface area contributed by atoms with E-state index in [2.05, 4.69) is 10.4 Å². The third-order valence-corrected chi connectivity index (χ3v) is 4.83. The molecule has 2 heterocycles. The molecule has 0 aromatic carbocycles. The van der Waals surface area contributed by atoms with Crippen LogP contribution >= 0.6 is 23.4 Å². The van der Waals surface area contributed by atoms with Crippen molar-refractivity contribution >= 4 is 29.1 Å². The predicted octanol–water partition coefficient (Wildman–Crippen LogP) is 2.10. The van der Waals surface area contributed by atoms with Gasteiger partial charge in [0, 0.05) is 13.7 Å². The second-order valence-electron chi connectivity index (χ2n) is 4.83. The lowest BCUT2D eigenvalue weighted by atomic mass is 10.0. The molecule has 0 spiro atoms. The van der Waals surface area contributed by atoms with E-state index in [9.17, 15) is 4.79 Å². The minimum atomic E-state index is -0.270. The summed E-state index contributed by atoms with van der Waals surface area (Å²) in [6.45, 7) is 1.70. The lowest BCUT2D eigenvalue weighted by Crippen LogP contribution is -2.27. The highest BCUT2D eigenvalue weighted by Gasteiger charge is 2.15. The number of nitrogens with one attached hydrogen (secondary N) is 1. The van der Waals surface area contributed by atoms with E-state index in [-0.39, 0.29) is 10.6 Å². The number of aromatic nitrogens is 2. The highest BCUT2D eigenvalue weighted by Crippen LogP contribution is 2.24. The Hall–Kier alpha value is -0.720. The summed E-state index contributed by atoms with van der Waals surface area (Å²) in [6.07, 6.45) is 4.05. The molecule has 7 heteroatoms. The zero-order chi connectivity index (χ0) is 14.4. The summed E-state index contributed by atoms with van der Waals surface area (Å²) in [5.74, 6) is 3.09. The van der Waals surface area contributed by atoms with E-state index in [4.69, 9.17) is 16.3 Å². The van der Waals surface area contributed by atoms with Gasteiger partial charge >= 0.3 is 0 Å². The van der Waals surface area contributed by atoms with Gasteiger partial charge < -0.3 is 10.1 Å². The van der Waals surface area contributed by atoms with Crippen molar-refractivity contribution in [2.24, 2.45) is 5.92 Å². The molecule has 0 amide bonds. The standard InChI is InChI=1S/C13H20ClN3O2S/c1-19-5-4-17-13(18)12(14)11(9-16-17)15-8-10-2-6-20-7-3-10/h9-10,15H,2-8H2,1H3. The zero-order valence-electron chi connectivity index (χ0n) is 11.6. The molecule has 1 N–H and O–H groups in total. The fourth-order valence-corrected chi connectivity index (χ4v) is 3.55. The number of halogens is 1. The SMILES string of the molecule is COCCn1ncc(NCC2CCSCC2)c(Cl)c1=O. The first-order valence-corrected chi connectivity index (χ1v) is 8.32. The van der Waals surface area contributed by atoms with Crippen LogP contribution in [-0.4, -0.2) is 41.5 Å². The van der Waals surface area contributed by atoms with Gasteiger partial charge in [-0.1, -0.05) is 11.6 Å². The summed E-state index contributed by atoms with van der Waals surface area (Å²) < 4.78 is 6.26. The first-order chi connectivity index (χ1) is 9.72. The van der Waals surface area contributed by atoms with Crippen LogP contribution in [0.3, 0.4) is 0 Å². The molecule has 0 atom stereocenters. The molecule has 20 heavy (non-hydrogen) atoms. The number of rotatable bonds is 6. The van der Waals surface area contributed by atoms with Crippen molar-refractivity contribution in [3.05, 3.63) is 21.6 Å². The smallest absolute Gasteiger partial charge is 0.287 e. The Balaban J connectivity index is 1.97. The number of ether oxygens (including phenoxy) is 1. The molecule has 1 saturated heterocycles. The van der Waals surface area contributed by atoms with Gasteiger partial charge in [-0.15, -0.1) is 0 Å². The molecular weight excluding hydrogens is 298 g/mol. The van der Waals surface area contributed by atoms with Gasteiger partial charge in [0.2, 0.25) is 0 Å². The van der Waals surface area contributed by atoms with Crippen molar-refractivity contribution < 1.29 is 4.74 Å². The molecule has 1 aromatic heterocycles. The van der Waals surface area contributed by atoms with E-state index in [1.54, 1.807) is 13.3 Å². The number of hydrogen-bond donors (Lipinski definition) is 1. The third-order valence-electron chi connectivity index (χ3n) is 3.41. The summed E-state index contributed by atoms with van der Waals surface area (Å²) in [5, 5.41) is 7.58. The Morgan fingerprint density at radius 2 is 2.30 bits per heavy atom. The van der Waals surface area contributed by atoms with Gasteiger partial charge in [-0.2, -0.15) is 16.9 Å². The third kappa shape index (κ3) is 4.14. The Morgan fingerprint density at radius 1 is 1.55 bits per heavy atom. The van der Waals surface area contributed by atoms with Gasteiger partial charge in [-0.25, -0.2) is 4.68 Å². The van der Waals surface area contributed by atoms with Crippen molar-refractivity contribution in [1.82, 2.24) is 9.78 Å². The molecule has 0 radical (unpaired) electrons. The summed E-state index contributed by atoms with van der Waals surface area (Å²) >= 11 is 8.12. The van der Waals surface area contributed by atoms with E-state index >= 15 is 0 Å². The molecule has 1 fully saturated rings. The Kier molecular flexibility index (Phi) is 6.19. The monoisotopic (exact) mass is 317 g/mol. The van der Waals surface area contributed by atoms with E-state index in [0.717, 1.165) is 6.54 Å². The quantitative estimate of drug-likeness (QED) is 0.870. The molecule has 0 bridgehead atoms. The largest absolute Gasteiger partial charge is 0.383 e. The molecule has 1 aliphatic heterocycles. The second kappa shape index (κ2) is 7.90. The maximum absolute atomic E-state index is 12.0. The molecule has 5 nitrogen and oxygen atoms in total. The van der Waals surface area contributed by atoms with Gasteiger partial charge in [-0.3, -0.25) is 4.79 Å². The van der Waals surface area contributed by atoms with Crippen LogP contribution in [0.1, 0.15) is 12.8 Å². The minimum absolute atomic E-state index is 0.210. The molecule has 1 aliphatic rings. The lowest BCUT2D eigenvalue weighted by Gasteiger charge is -2.22. The first-order valence-electron chi connectivity index (χ1n) is 6.78. The number of methoxy groups -OCH3 is 1. The number of thioether (sulfide) groups is 1. The second-order valence-corrected chi connectivity index (χ2v) is 6.43. The molecule has 112 valence electrons.